The number of hydrogen-bond acceptors (Lipinski definition) is 6. The van der Waals surface area contributed by atoms with Crippen molar-refractivity contribution in [1.82, 2.24) is 20.3 Å². The zero-order valence-electron chi connectivity index (χ0n) is 17.7. The summed E-state index contributed by atoms with van der Waals surface area (Å²) < 4.78 is 0. The number of benzene rings is 2. The number of nitrogens with two attached hydrogens (primary N) is 1. The molecule has 2 aromatic carbocycles. The van der Waals surface area contributed by atoms with Gasteiger partial charge in [0.05, 0.1) is 29.0 Å². The Morgan fingerprint density at radius 1 is 0.970 bits per heavy atom. The van der Waals surface area contributed by atoms with Crippen molar-refractivity contribution in [3.63, 3.8) is 0 Å². The van der Waals surface area contributed by atoms with E-state index < -0.39 is 0 Å². The van der Waals surface area contributed by atoms with Gasteiger partial charge in [0.15, 0.2) is 0 Å². The molecule has 0 saturated carbocycles. The molecule has 0 atom stereocenters. The van der Waals surface area contributed by atoms with Crippen LogP contribution >= 0.6 is 11.3 Å². The van der Waals surface area contributed by atoms with E-state index in [1.54, 1.807) is 11.7 Å². The van der Waals surface area contributed by atoms with Crippen LogP contribution in [-0.4, -0.2) is 20.9 Å². The van der Waals surface area contributed by atoms with Gasteiger partial charge in [-0.2, -0.15) is 0 Å². The number of carbonyl (C=O) groups excluding carboxylic acids is 1. The molecular formula is C26H21N5OS. The van der Waals surface area contributed by atoms with Crippen LogP contribution < -0.4 is 11.1 Å². The second-order valence-electron chi connectivity index (χ2n) is 7.54. The van der Waals surface area contributed by atoms with E-state index in [4.69, 9.17) is 10.7 Å². The van der Waals surface area contributed by atoms with Gasteiger partial charge in [0, 0.05) is 34.6 Å². The van der Waals surface area contributed by atoms with Crippen molar-refractivity contribution in [1.29, 1.82) is 0 Å². The van der Waals surface area contributed by atoms with Crippen LogP contribution in [-0.2, 0) is 13.1 Å². The molecule has 5 aromatic rings. The average Bonchev–Trinajstić information content (AvgIpc) is 3.40. The Morgan fingerprint density at radius 3 is 2.52 bits per heavy atom. The van der Waals surface area contributed by atoms with Gasteiger partial charge in [-0.25, -0.2) is 9.97 Å². The van der Waals surface area contributed by atoms with E-state index >= 15 is 0 Å². The van der Waals surface area contributed by atoms with Gasteiger partial charge >= 0.3 is 0 Å². The van der Waals surface area contributed by atoms with E-state index in [0.29, 0.717) is 29.7 Å². The van der Waals surface area contributed by atoms with E-state index in [0.717, 1.165) is 33.6 Å². The van der Waals surface area contributed by atoms with Gasteiger partial charge in [-0.15, -0.1) is 11.3 Å². The van der Waals surface area contributed by atoms with Crippen LogP contribution in [0.5, 0.6) is 0 Å². The maximum Gasteiger partial charge on any atom is 0.270 e. The summed E-state index contributed by atoms with van der Waals surface area (Å²) in [7, 11) is 0. The molecule has 0 unspecified atom stereocenters. The monoisotopic (exact) mass is 451 g/mol. The highest BCUT2D eigenvalue weighted by Crippen LogP contribution is 2.34. The van der Waals surface area contributed by atoms with Crippen LogP contribution in [0, 0.1) is 0 Å². The number of fused-ring (bicyclic) bond motifs is 1. The van der Waals surface area contributed by atoms with E-state index in [2.05, 4.69) is 15.3 Å². The largest absolute Gasteiger partial charge is 0.345 e. The molecule has 7 heteroatoms. The van der Waals surface area contributed by atoms with Crippen LogP contribution in [0.15, 0.2) is 83.8 Å². The fraction of sp³-hybridized carbons (Fsp3) is 0.0769. The first kappa shape index (κ1) is 20.9. The minimum atomic E-state index is -0.255. The molecule has 3 aromatic heterocycles. The minimum absolute atomic E-state index is 0.255. The first-order valence-electron chi connectivity index (χ1n) is 10.5. The summed E-state index contributed by atoms with van der Waals surface area (Å²) >= 11 is 1.50. The van der Waals surface area contributed by atoms with Crippen LogP contribution in [0.1, 0.15) is 21.7 Å². The molecule has 0 aliphatic carbocycles. The summed E-state index contributed by atoms with van der Waals surface area (Å²) in [6.07, 6.45) is 1.62. The molecule has 162 valence electrons. The van der Waals surface area contributed by atoms with Crippen LogP contribution in [0.2, 0.25) is 0 Å². The van der Waals surface area contributed by atoms with Gasteiger partial charge in [0.1, 0.15) is 5.69 Å². The summed E-state index contributed by atoms with van der Waals surface area (Å²) in [5, 5.41) is 5.53. The molecule has 1 amide bonds. The lowest BCUT2D eigenvalue weighted by molar-refractivity contribution is 0.0947. The highest BCUT2D eigenvalue weighted by molar-refractivity contribution is 7.07. The average molecular weight is 452 g/mol. The SMILES string of the molecule is NCc1ccc(-c2nc3ccnc(C(=O)NCc4cscn4)c3cc2-c2ccccc2)cc1. The first-order valence-corrected chi connectivity index (χ1v) is 11.5. The van der Waals surface area contributed by atoms with Gasteiger partial charge in [-0.1, -0.05) is 54.6 Å². The van der Waals surface area contributed by atoms with Crippen LogP contribution in [0.4, 0.5) is 0 Å². The third-order valence-corrected chi connectivity index (χ3v) is 6.05. The molecule has 6 nitrogen and oxygen atoms in total. The first-order chi connectivity index (χ1) is 16.2. The number of rotatable bonds is 6. The lowest BCUT2D eigenvalue weighted by Crippen LogP contribution is -2.24. The quantitative estimate of drug-likeness (QED) is 0.386. The summed E-state index contributed by atoms with van der Waals surface area (Å²) in [5.74, 6) is -0.255. The number of pyridine rings is 2. The van der Waals surface area contributed by atoms with Crippen molar-refractivity contribution in [3.8, 4) is 22.4 Å². The van der Waals surface area contributed by atoms with Crippen LogP contribution in [0.3, 0.4) is 0 Å². The summed E-state index contributed by atoms with van der Waals surface area (Å²) in [6.45, 7) is 0.840. The van der Waals surface area contributed by atoms with E-state index in [-0.39, 0.29) is 5.91 Å². The zero-order valence-corrected chi connectivity index (χ0v) is 18.5. The Bertz CT molecular complexity index is 1400. The standard InChI is InChI=1S/C26H21N5OS/c27-13-17-6-8-19(9-7-17)24-21(18-4-2-1-3-5-18)12-22-23(31-24)10-11-28-25(22)26(32)29-14-20-15-33-16-30-20/h1-12,15-16H,13-14,27H2,(H,29,32). The number of thiazole rings is 1. The molecule has 3 N–H and O–H groups in total. The highest BCUT2D eigenvalue weighted by atomic mass is 32.1. The van der Waals surface area contributed by atoms with Crippen LogP contribution in [0.25, 0.3) is 33.3 Å². The lowest BCUT2D eigenvalue weighted by Gasteiger charge is -2.13. The molecule has 0 spiro atoms. The fourth-order valence-corrected chi connectivity index (χ4v) is 4.27. The molecule has 5 rings (SSSR count). The second kappa shape index (κ2) is 9.28. The molecular weight excluding hydrogens is 430 g/mol. The van der Waals surface area contributed by atoms with Gasteiger partial charge in [0.2, 0.25) is 0 Å². The molecule has 3 heterocycles. The van der Waals surface area contributed by atoms with Crippen molar-refractivity contribution in [2.75, 3.05) is 0 Å². The Morgan fingerprint density at radius 2 is 1.79 bits per heavy atom. The zero-order chi connectivity index (χ0) is 22.6. The van der Waals surface area contributed by atoms with Gasteiger partial charge in [-0.05, 0) is 23.3 Å². The highest BCUT2D eigenvalue weighted by Gasteiger charge is 2.17. The Kier molecular flexibility index (Phi) is 5.89. The van der Waals surface area contributed by atoms with Gasteiger partial charge < -0.3 is 11.1 Å². The topological polar surface area (TPSA) is 93.8 Å². The molecule has 0 fully saturated rings. The second-order valence-corrected chi connectivity index (χ2v) is 8.26. The van der Waals surface area contributed by atoms with Crippen molar-refractivity contribution < 1.29 is 4.79 Å². The molecule has 0 radical (unpaired) electrons. The minimum Gasteiger partial charge on any atom is -0.345 e. The number of aromatic nitrogens is 3. The number of nitrogens with one attached hydrogen (secondary N) is 1. The van der Waals surface area contributed by atoms with Crippen molar-refractivity contribution in [2.24, 2.45) is 5.73 Å². The van der Waals surface area contributed by atoms with Crippen molar-refractivity contribution in [3.05, 3.63) is 101 Å². The molecule has 0 aliphatic rings. The molecule has 0 saturated heterocycles. The smallest absolute Gasteiger partial charge is 0.270 e. The van der Waals surface area contributed by atoms with Crippen molar-refractivity contribution >= 4 is 28.1 Å². The third-order valence-electron chi connectivity index (χ3n) is 5.42. The van der Waals surface area contributed by atoms with Gasteiger partial charge in [-0.3, -0.25) is 9.78 Å². The Labute approximate surface area is 195 Å². The number of hydrogen-bond donors (Lipinski definition) is 2. The summed E-state index contributed by atoms with van der Waals surface area (Å²) in [5.41, 5.74) is 14.2. The molecule has 33 heavy (non-hydrogen) atoms. The predicted molar refractivity (Wildman–Crippen MR) is 132 cm³/mol. The normalized spacial score (nSPS) is 10.9. The lowest BCUT2D eigenvalue weighted by atomic mass is 9.96. The van der Waals surface area contributed by atoms with E-state index in [1.807, 2.05) is 72.1 Å². The maximum atomic E-state index is 13.0. The fourth-order valence-electron chi connectivity index (χ4n) is 3.71. The summed E-state index contributed by atoms with van der Waals surface area (Å²) in [6, 6.07) is 22.0. The molecule has 0 bridgehead atoms. The Hall–Kier alpha value is -3.94. The van der Waals surface area contributed by atoms with E-state index in [9.17, 15) is 4.79 Å². The Balaban J connectivity index is 1.62. The van der Waals surface area contributed by atoms with E-state index in [1.165, 1.54) is 11.3 Å². The number of carbonyl (C=O) groups is 1. The number of nitrogens with zero attached hydrogens (tertiary/aromatic N) is 3. The third kappa shape index (κ3) is 4.37. The molecule has 0 aliphatic heterocycles. The summed E-state index contributed by atoms with van der Waals surface area (Å²) in [4.78, 5) is 26.6. The van der Waals surface area contributed by atoms with Gasteiger partial charge in [0.25, 0.3) is 5.91 Å². The maximum absolute atomic E-state index is 13.0. The number of amides is 1. The van der Waals surface area contributed by atoms with Crippen molar-refractivity contribution in [2.45, 2.75) is 13.1 Å². The predicted octanol–water partition coefficient (Wildman–Crippen LogP) is 4.81.